The first-order valence-corrected chi connectivity index (χ1v) is 14.9. The molecule has 2 aromatic heterocycles. The molecule has 0 aliphatic carbocycles. The molecule has 14 nitrogen and oxygen atoms in total. The number of esters is 1. The van der Waals surface area contributed by atoms with E-state index in [1.165, 1.54) is 13.3 Å². The highest BCUT2D eigenvalue weighted by atomic mass is 31.2. The van der Waals surface area contributed by atoms with Gasteiger partial charge in [-0.3, -0.25) is 13.9 Å². The van der Waals surface area contributed by atoms with Crippen molar-refractivity contribution < 1.29 is 37.6 Å². The molecule has 3 atom stereocenters. The summed E-state index contributed by atoms with van der Waals surface area (Å²) in [5.41, 5.74) is 6.82. The predicted octanol–water partition coefficient (Wildman–Crippen LogP) is 3.99. The van der Waals surface area contributed by atoms with E-state index in [-0.39, 0.29) is 12.4 Å². The van der Waals surface area contributed by atoms with Gasteiger partial charge < -0.3 is 29.2 Å². The quantitative estimate of drug-likeness (QED) is 0.113. The van der Waals surface area contributed by atoms with Crippen LogP contribution in [0.5, 0.6) is 0 Å². The molecule has 0 spiro atoms. The molecule has 0 aliphatic heterocycles. The van der Waals surface area contributed by atoms with Gasteiger partial charge in [-0.1, -0.05) is 32.6 Å². The molecule has 0 saturated carbocycles. The van der Waals surface area contributed by atoms with Crippen LogP contribution in [0.4, 0.5) is 10.6 Å². The molecule has 3 N–H and O–H groups in total. The lowest BCUT2D eigenvalue weighted by Crippen LogP contribution is -2.35. The molecule has 0 aliphatic rings. The second-order valence-electron chi connectivity index (χ2n) is 9.35. The number of carbonyl (C=O) groups is 2. The average Bonchev–Trinajstić information content (AvgIpc) is 3.28. The number of hydrogen-bond acceptors (Lipinski definition) is 12. The number of nitrogens with one attached hydrogen (secondary N) is 1. The van der Waals surface area contributed by atoms with E-state index in [9.17, 15) is 14.2 Å². The number of nitrogens with zero attached hydrogens (tertiary/aromatic N) is 4. The lowest BCUT2D eigenvalue weighted by atomic mass is 10.2. The molecule has 0 aromatic carbocycles. The standard InChI is InChI=1S/C24H41N6O8P/c1-6-7-8-9-10-11-34-23(31)19(5)29-39(33,37-15-35-24(32)38-17(2)3)16-36-18(4)12-30-14-28-20-21(25)26-13-27-22(20)30/h13-14,17-19H,6-12,15-16H2,1-5H3,(H,29,33)(H2,25,26,27)/t18-,19+,39?/m1/s1. The molecule has 0 bridgehead atoms. The normalized spacial score (nSPS) is 14.6. The number of carbonyl (C=O) groups excluding carboxylic acids is 2. The van der Waals surface area contributed by atoms with E-state index in [1.807, 2.05) is 0 Å². The van der Waals surface area contributed by atoms with Crippen LogP contribution in [0, 0.1) is 0 Å². The minimum Gasteiger partial charge on any atom is -0.465 e. The lowest BCUT2D eigenvalue weighted by molar-refractivity contribution is -0.145. The first-order valence-electron chi connectivity index (χ1n) is 13.1. The van der Waals surface area contributed by atoms with Gasteiger partial charge in [0, 0.05) is 0 Å². The molecular weight excluding hydrogens is 531 g/mol. The molecule has 2 heterocycles. The van der Waals surface area contributed by atoms with Crippen LogP contribution < -0.4 is 10.8 Å². The minimum atomic E-state index is -3.85. The Balaban J connectivity index is 1.96. The minimum absolute atomic E-state index is 0.257. The Morgan fingerprint density at radius 1 is 1.08 bits per heavy atom. The molecule has 220 valence electrons. The fourth-order valence-corrected chi connectivity index (χ4v) is 5.03. The molecule has 15 heteroatoms. The van der Waals surface area contributed by atoms with Crippen molar-refractivity contribution in [2.45, 2.75) is 91.5 Å². The van der Waals surface area contributed by atoms with Crippen molar-refractivity contribution in [3.8, 4) is 0 Å². The van der Waals surface area contributed by atoms with Crippen molar-refractivity contribution in [3.05, 3.63) is 12.7 Å². The van der Waals surface area contributed by atoms with Crippen LogP contribution >= 0.6 is 7.52 Å². The van der Waals surface area contributed by atoms with Gasteiger partial charge in [0.2, 0.25) is 6.79 Å². The second kappa shape index (κ2) is 16.3. The Labute approximate surface area is 228 Å². The van der Waals surface area contributed by atoms with Gasteiger partial charge in [-0.2, -0.15) is 0 Å². The summed E-state index contributed by atoms with van der Waals surface area (Å²) in [6.07, 6.45) is 5.66. The summed E-state index contributed by atoms with van der Waals surface area (Å²) in [6.45, 7) is 8.61. The van der Waals surface area contributed by atoms with Crippen molar-refractivity contribution in [2.24, 2.45) is 0 Å². The zero-order chi connectivity index (χ0) is 28.8. The summed E-state index contributed by atoms with van der Waals surface area (Å²) >= 11 is 0. The molecule has 2 rings (SSSR count). The monoisotopic (exact) mass is 572 g/mol. The number of anilines is 1. The third kappa shape index (κ3) is 11.5. The Kier molecular flexibility index (Phi) is 13.6. The molecule has 2 aromatic rings. The number of unbranched alkanes of at least 4 members (excludes halogenated alkanes) is 4. The first kappa shape index (κ1) is 32.4. The Morgan fingerprint density at radius 3 is 2.54 bits per heavy atom. The van der Waals surface area contributed by atoms with Gasteiger partial charge in [-0.15, -0.1) is 0 Å². The van der Waals surface area contributed by atoms with Gasteiger partial charge in [0.15, 0.2) is 11.5 Å². The second-order valence-corrected chi connectivity index (χ2v) is 11.5. The molecule has 0 fully saturated rings. The molecule has 1 unspecified atom stereocenters. The maximum absolute atomic E-state index is 13.6. The maximum Gasteiger partial charge on any atom is 0.510 e. The van der Waals surface area contributed by atoms with E-state index in [0.29, 0.717) is 17.7 Å². The van der Waals surface area contributed by atoms with E-state index >= 15 is 0 Å². The van der Waals surface area contributed by atoms with Gasteiger partial charge >= 0.3 is 12.1 Å². The number of aromatic nitrogens is 4. The van der Waals surface area contributed by atoms with Crippen molar-refractivity contribution in [1.29, 1.82) is 0 Å². The summed E-state index contributed by atoms with van der Waals surface area (Å²) in [4.78, 5) is 36.5. The fourth-order valence-electron chi connectivity index (χ4n) is 3.44. The van der Waals surface area contributed by atoms with Gasteiger partial charge in [0.25, 0.3) is 7.52 Å². The zero-order valence-corrected chi connectivity index (χ0v) is 24.2. The van der Waals surface area contributed by atoms with Crippen molar-refractivity contribution >= 4 is 36.6 Å². The third-order valence-corrected chi connectivity index (χ3v) is 7.21. The van der Waals surface area contributed by atoms with Crippen LogP contribution in [0.3, 0.4) is 0 Å². The van der Waals surface area contributed by atoms with Crippen LogP contribution in [0.1, 0.15) is 66.7 Å². The average molecular weight is 573 g/mol. The van der Waals surface area contributed by atoms with E-state index in [1.54, 1.807) is 31.7 Å². The molecule has 0 saturated heterocycles. The summed E-state index contributed by atoms with van der Waals surface area (Å²) in [7, 11) is -3.85. The highest BCUT2D eigenvalue weighted by Gasteiger charge is 2.31. The molecule has 39 heavy (non-hydrogen) atoms. The highest BCUT2D eigenvalue weighted by molar-refractivity contribution is 7.56. The van der Waals surface area contributed by atoms with Gasteiger partial charge in [0.05, 0.1) is 31.7 Å². The number of nitrogens with two attached hydrogens (primary N) is 1. The fraction of sp³-hybridized carbons (Fsp3) is 0.708. The van der Waals surface area contributed by atoms with Gasteiger partial charge in [0.1, 0.15) is 24.2 Å². The van der Waals surface area contributed by atoms with Crippen molar-refractivity contribution in [3.63, 3.8) is 0 Å². The van der Waals surface area contributed by atoms with Crippen molar-refractivity contribution in [2.75, 3.05) is 25.5 Å². The Morgan fingerprint density at radius 2 is 1.82 bits per heavy atom. The Bertz CT molecular complexity index is 1100. The molecule has 0 amide bonds. The molecule has 0 radical (unpaired) electrons. The third-order valence-electron chi connectivity index (χ3n) is 5.42. The SMILES string of the molecule is CCCCCCCOC(=O)[C@H](C)NP(=O)(CO[C@H](C)Cn1cnc2c(N)ncnc21)OCOC(=O)OC(C)C. The van der Waals surface area contributed by atoms with E-state index < -0.39 is 51.0 Å². The topological polar surface area (TPSA) is 179 Å². The number of rotatable bonds is 18. The number of hydrogen-bond donors (Lipinski definition) is 2. The number of ether oxygens (including phenoxy) is 4. The Hall–Kier alpha value is -2.80. The highest BCUT2D eigenvalue weighted by Crippen LogP contribution is 2.43. The predicted molar refractivity (Wildman–Crippen MR) is 144 cm³/mol. The number of fused-ring (bicyclic) bond motifs is 1. The number of imidazole rings is 1. The summed E-state index contributed by atoms with van der Waals surface area (Å²) in [6, 6.07) is -0.967. The van der Waals surface area contributed by atoms with Crippen LogP contribution in [-0.2, 0) is 39.4 Å². The van der Waals surface area contributed by atoms with Gasteiger partial charge in [-0.05, 0) is 34.1 Å². The molecular formula is C24H41N6O8P. The van der Waals surface area contributed by atoms with E-state index in [0.717, 1.165) is 32.1 Å². The maximum atomic E-state index is 13.6. The lowest BCUT2D eigenvalue weighted by Gasteiger charge is -2.24. The summed E-state index contributed by atoms with van der Waals surface area (Å²) in [5, 5.41) is 2.67. The first-order chi connectivity index (χ1) is 18.5. The van der Waals surface area contributed by atoms with Crippen LogP contribution in [0.25, 0.3) is 11.2 Å². The van der Waals surface area contributed by atoms with Crippen LogP contribution in [0.2, 0.25) is 0 Å². The van der Waals surface area contributed by atoms with Crippen LogP contribution in [-0.4, -0.2) is 69.6 Å². The summed E-state index contributed by atoms with van der Waals surface area (Å²) < 4.78 is 41.5. The van der Waals surface area contributed by atoms with Gasteiger partial charge in [-0.25, -0.2) is 24.8 Å². The smallest absolute Gasteiger partial charge is 0.465 e. The van der Waals surface area contributed by atoms with Crippen LogP contribution in [0.15, 0.2) is 12.7 Å². The van der Waals surface area contributed by atoms with E-state index in [4.69, 9.17) is 29.2 Å². The summed E-state index contributed by atoms with van der Waals surface area (Å²) in [5.74, 6) is -0.322. The number of nitrogen functional groups attached to an aromatic ring is 1. The zero-order valence-electron chi connectivity index (χ0n) is 23.3. The largest absolute Gasteiger partial charge is 0.510 e. The van der Waals surface area contributed by atoms with E-state index in [2.05, 4.69) is 27.0 Å². The van der Waals surface area contributed by atoms with Crippen molar-refractivity contribution in [1.82, 2.24) is 24.6 Å².